The van der Waals surface area contributed by atoms with Gasteiger partial charge in [-0.1, -0.05) is 18.2 Å². The van der Waals surface area contributed by atoms with E-state index in [1.165, 1.54) is 12.1 Å². The molecule has 19 heavy (non-hydrogen) atoms. The van der Waals surface area contributed by atoms with Crippen LogP contribution in [-0.2, 0) is 31.0 Å². The summed E-state index contributed by atoms with van der Waals surface area (Å²) in [6, 6.07) is 4.47. The molecule has 1 fully saturated rings. The third kappa shape index (κ3) is 2.54. The molecule has 0 atom stereocenters. The molecule has 0 aliphatic carbocycles. The Bertz CT molecular complexity index is 520. The van der Waals surface area contributed by atoms with Crippen LogP contribution in [0.15, 0.2) is 24.3 Å². The van der Waals surface area contributed by atoms with Gasteiger partial charge in [-0.25, -0.2) is 0 Å². The molecule has 0 saturated carbocycles. The number of cyclic esters (lactones) is 2. The lowest BCUT2D eigenvalue weighted by Crippen LogP contribution is -2.41. The highest BCUT2D eigenvalue weighted by atomic mass is 19.4. The van der Waals surface area contributed by atoms with Gasteiger partial charge in [0.25, 0.3) is 5.79 Å². The van der Waals surface area contributed by atoms with Crippen molar-refractivity contribution in [3.05, 3.63) is 35.4 Å². The van der Waals surface area contributed by atoms with Crippen LogP contribution >= 0.6 is 0 Å². The van der Waals surface area contributed by atoms with Crippen molar-refractivity contribution in [3.8, 4) is 0 Å². The zero-order valence-corrected chi connectivity index (χ0v) is 9.78. The Labute approximate surface area is 106 Å². The first kappa shape index (κ1) is 13.4. The third-order valence-corrected chi connectivity index (χ3v) is 2.63. The summed E-state index contributed by atoms with van der Waals surface area (Å²) in [5, 5.41) is 0. The van der Waals surface area contributed by atoms with Crippen LogP contribution in [0, 0.1) is 0 Å². The van der Waals surface area contributed by atoms with Gasteiger partial charge < -0.3 is 9.47 Å². The Balaban J connectivity index is 2.52. The lowest BCUT2D eigenvalue weighted by molar-refractivity contribution is -0.245. The smallest absolute Gasteiger partial charge is 0.416 e. The number of halogens is 3. The predicted molar refractivity (Wildman–Crippen MR) is 55.6 cm³/mol. The van der Waals surface area contributed by atoms with Gasteiger partial charge >= 0.3 is 18.1 Å². The zero-order chi connectivity index (χ0) is 14.3. The Hall–Kier alpha value is -2.05. The number of hydrogen-bond acceptors (Lipinski definition) is 4. The van der Waals surface area contributed by atoms with Crippen molar-refractivity contribution < 1.29 is 32.2 Å². The minimum Gasteiger partial charge on any atom is -0.418 e. The SMILES string of the molecule is CC1(c2ccccc2C(F)(F)F)OC(=O)CC(=O)O1. The molecule has 0 N–H and O–H groups in total. The number of carbonyl (C=O) groups is 2. The highest BCUT2D eigenvalue weighted by Gasteiger charge is 2.46. The van der Waals surface area contributed by atoms with Gasteiger partial charge in [0, 0.05) is 12.5 Å². The average molecular weight is 274 g/mol. The summed E-state index contributed by atoms with van der Waals surface area (Å²) in [7, 11) is 0. The quantitative estimate of drug-likeness (QED) is 0.582. The van der Waals surface area contributed by atoms with Crippen LogP contribution in [0.25, 0.3) is 0 Å². The van der Waals surface area contributed by atoms with E-state index < -0.39 is 41.4 Å². The summed E-state index contributed by atoms with van der Waals surface area (Å²) in [6.07, 6.45) is -5.25. The van der Waals surface area contributed by atoms with Crippen molar-refractivity contribution in [1.29, 1.82) is 0 Å². The van der Waals surface area contributed by atoms with Crippen molar-refractivity contribution in [2.24, 2.45) is 0 Å². The molecular weight excluding hydrogens is 265 g/mol. The summed E-state index contributed by atoms with van der Waals surface area (Å²) in [4.78, 5) is 22.4. The van der Waals surface area contributed by atoms with Crippen LogP contribution in [-0.4, -0.2) is 11.9 Å². The Morgan fingerprint density at radius 2 is 1.63 bits per heavy atom. The molecule has 1 aromatic rings. The van der Waals surface area contributed by atoms with Crippen molar-refractivity contribution in [1.82, 2.24) is 0 Å². The second kappa shape index (κ2) is 4.25. The van der Waals surface area contributed by atoms with Gasteiger partial charge in [-0.3, -0.25) is 9.59 Å². The topological polar surface area (TPSA) is 52.6 Å². The van der Waals surface area contributed by atoms with Gasteiger partial charge in [-0.2, -0.15) is 13.2 Å². The van der Waals surface area contributed by atoms with Gasteiger partial charge in [-0.05, 0) is 6.07 Å². The molecular formula is C12H9F3O4. The van der Waals surface area contributed by atoms with E-state index in [9.17, 15) is 22.8 Å². The first-order valence-electron chi connectivity index (χ1n) is 5.33. The van der Waals surface area contributed by atoms with E-state index in [2.05, 4.69) is 0 Å². The maximum absolute atomic E-state index is 12.9. The fourth-order valence-corrected chi connectivity index (χ4v) is 1.88. The average Bonchev–Trinajstić information content (AvgIpc) is 2.26. The van der Waals surface area contributed by atoms with Crippen molar-refractivity contribution in [3.63, 3.8) is 0 Å². The van der Waals surface area contributed by atoms with Crippen LogP contribution < -0.4 is 0 Å². The molecule has 1 saturated heterocycles. The van der Waals surface area contributed by atoms with Crippen LogP contribution in [0.2, 0.25) is 0 Å². The fourth-order valence-electron chi connectivity index (χ4n) is 1.88. The van der Waals surface area contributed by atoms with E-state index in [1.807, 2.05) is 0 Å². The van der Waals surface area contributed by atoms with Crippen molar-refractivity contribution in [2.45, 2.75) is 25.3 Å². The molecule has 102 valence electrons. The predicted octanol–water partition coefficient (Wildman–Crippen LogP) is 2.37. The largest absolute Gasteiger partial charge is 0.418 e. The molecule has 0 amide bonds. The molecule has 0 radical (unpaired) electrons. The highest BCUT2D eigenvalue weighted by Crippen LogP contribution is 2.40. The normalized spacial score (nSPS) is 18.7. The minimum atomic E-state index is -4.64. The Kier molecular flexibility index (Phi) is 3.00. The highest BCUT2D eigenvalue weighted by molar-refractivity contribution is 5.93. The van der Waals surface area contributed by atoms with E-state index in [0.29, 0.717) is 0 Å². The first-order valence-corrected chi connectivity index (χ1v) is 5.33. The molecule has 0 spiro atoms. The second-order valence-electron chi connectivity index (χ2n) is 4.11. The van der Waals surface area contributed by atoms with E-state index in [0.717, 1.165) is 19.1 Å². The number of carbonyl (C=O) groups excluding carboxylic acids is 2. The fraction of sp³-hybridized carbons (Fsp3) is 0.333. The molecule has 1 aromatic carbocycles. The molecule has 7 heteroatoms. The molecule has 0 unspecified atom stereocenters. The lowest BCUT2D eigenvalue weighted by Gasteiger charge is -2.34. The molecule has 4 nitrogen and oxygen atoms in total. The Morgan fingerprint density at radius 1 is 1.11 bits per heavy atom. The maximum Gasteiger partial charge on any atom is 0.416 e. The van der Waals surface area contributed by atoms with E-state index in [1.54, 1.807) is 0 Å². The van der Waals surface area contributed by atoms with Crippen molar-refractivity contribution in [2.75, 3.05) is 0 Å². The molecule has 0 bridgehead atoms. The van der Waals surface area contributed by atoms with Gasteiger partial charge in [-0.15, -0.1) is 0 Å². The van der Waals surface area contributed by atoms with Crippen LogP contribution in [0.1, 0.15) is 24.5 Å². The van der Waals surface area contributed by atoms with Crippen LogP contribution in [0.5, 0.6) is 0 Å². The summed E-state index contributed by atoms with van der Waals surface area (Å²) in [5.74, 6) is -3.90. The first-order chi connectivity index (χ1) is 8.72. The van der Waals surface area contributed by atoms with Gasteiger partial charge in [0.05, 0.1) is 5.56 Å². The van der Waals surface area contributed by atoms with Crippen molar-refractivity contribution >= 4 is 11.9 Å². The number of benzene rings is 1. The monoisotopic (exact) mass is 274 g/mol. The maximum atomic E-state index is 12.9. The summed E-state index contributed by atoms with van der Waals surface area (Å²) < 4.78 is 48.2. The molecule has 2 rings (SSSR count). The molecule has 1 aliphatic heterocycles. The number of hydrogen-bond donors (Lipinski definition) is 0. The Morgan fingerprint density at radius 3 is 2.16 bits per heavy atom. The number of alkyl halides is 3. The van der Waals surface area contributed by atoms with Gasteiger partial charge in [0.15, 0.2) is 0 Å². The molecule has 1 aliphatic rings. The summed E-state index contributed by atoms with van der Waals surface area (Å²) >= 11 is 0. The molecule has 0 aromatic heterocycles. The second-order valence-corrected chi connectivity index (χ2v) is 4.11. The lowest BCUT2D eigenvalue weighted by atomic mass is 9.99. The van der Waals surface area contributed by atoms with Crippen LogP contribution in [0.3, 0.4) is 0 Å². The number of rotatable bonds is 1. The van der Waals surface area contributed by atoms with E-state index >= 15 is 0 Å². The van der Waals surface area contributed by atoms with Gasteiger partial charge in [0.2, 0.25) is 0 Å². The van der Waals surface area contributed by atoms with Crippen LogP contribution in [0.4, 0.5) is 13.2 Å². The standard InChI is InChI=1S/C12H9F3O4/c1-11(18-9(16)6-10(17)19-11)7-4-2-3-5-8(7)12(13,14)15/h2-5H,6H2,1H3. The van der Waals surface area contributed by atoms with Gasteiger partial charge in [0.1, 0.15) is 6.42 Å². The molecule has 1 heterocycles. The zero-order valence-electron chi connectivity index (χ0n) is 9.78. The van der Waals surface area contributed by atoms with E-state index in [-0.39, 0.29) is 0 Å². The number of esters is 2. The summed E-state index contributed by atoms with van der Waals surface area (Å²) in [6.45, 7) is 1.10. The number of ether oxygens (including phenoxy) is 2. The van der Waals surface area contributed by atoms with E-state index in [4.69, 9.17) is 9.47 Å². The minimum absolute atomic E-state index is 0.413. The summed E-state index contributed by atoms with van der Waals surface area (Å²) in [5.41, 5.74) is -1.43. The third-order valence-electron chi connectivity index (χ3n) is 2.63.